The van der Waals surface area contributed by atoms with Crippen molar-refractivity contribution in [3.8, 4) is 0 Å². The summed E-state index contributed by atoms with van der Waals surface area (Å²) < 4.78 is 11.0. The van der Waals surface area contributed by atoms with Crippen LogP contribution < -0.4 is 0 Å². The zero-order chi connectivity index (χ0) is 29.9. The minimum atomic E-state index is -0.562. The highest BCUT2D eigenvalue weighted by Gasteiger charge is 2.13. The van der Waals surface area contributed by atoms with Crippen LogP contribution in [0.15, 0.2) is 60.8 Å². The molecule has 0 heterocycles. The molecule has 0 radical (unpaired) electrons. The molecule has 0 saturated heterocycles. The zero-order valence-corrected chi connectivity index (χ0v) is 26.8. The van der Waals surface area contributed by atoms with Crippen LogP contribution in [0.5, 0.6) is 0 Å². The highest BCUT2D eigenvalue weighted by atomic mass is 16.6. The van der Waals surface area contributed by atoms with Crippen LogP contribution in [-0.2, 0) is 14.3 Å². The Morgan fingerprint density at radius 2 is 1.07 bits per heavy atom. The lowest BCUT2D eigenvalue weighted by Gasteiger charge is -2.15. The van der Waals surface area contributed by atoms with E-state index in [1.54, 1.807) is 0 Å². The van der Waals surface area contributed by atoms with Crippen molar-refractivity contribution < 1.29 is 19.4 Å². The lowest BCUT2D eigenvalue weighted by molar-refractivity contribution is -0.154. The lowest BCUT2D eigenvalue weighted by atomic mass is 10.1. The third-order valence-corrected chi connectivity index (χ3v) is 6.86. The van der Waals surface area contributed by atoms with Crippen LogP contribution in [0.1, 0.15) is 142 Å². The monoisotopic (exact) mass is 572 g/mol. The molecule has 0 saturated carbocycles. The minimum Gasteiger partial charge on any atom is -0.457 e. The Hall–Kier alpha value is -1.91. The van der Waals surface area contributed by atoms with Gasteiger partial charge in [-0.2, -0.15) is 0 Å². The molecule has 0 aromatic heterocycles. The van der Waals surface area contributed by atoms with E-state index < -0.39 is 6.10 Å². The van der Waals surface area contributed by atoms with Gasteiger partial charge in [-0.05, 0) is 51.4 Å². The number of allylic oxidation sites excluding steroid dienone is 10. The number of esters is 1. The molecule has 0 fully saturated rings. The second-order valence-electron chi connectivity index (χ2n) is 10.9. The molecule has 0 aliphatic heterocycles. The number of carbonyl (C=O) groups excluding carboxylic acids is 1. The number of hydrogen-bond donors (Lipinski definition) is 1. The summed E-state index contributed by atoms with van der Waals surface area (Å²) in [6, 6.07) is 0. The second-order valence-corrected chi connectivity index (χ2v) is 10.9. The Morgan fingerprint density at radius 3 is 1.56 bits per heavy atom. The highest BCUT2D eigenvalue weighted by molar-refractivity contribution is 5.69. The first kappa shape index (κ1) is 39.1. The molecule has 1 atom stereocenters. The Bertz CT molecular complexity index is 689. The van der Waals surface area contributed by atoms with Gasteiger partial charge in [-0.1, -0.05) is 145 Å². The molecule has 0 amide bonds. The lowest BCUT2D eigenvalue weighted by Crippen LogP contribution is -2.27. The Morgan fingerprint density at radius 1 is 0.610 bits per heavy atom. The van der Waals surface area contributed by atoms with Crippen molar-refractivity contribution in [2.75, 3.05) is 19.8 Å². The number of aliphatic hydroxyl groups excluding tert-OH is 1. The van der Waals surface area contributed by atoms with Gasteiger partial charge in [0.05, 0.1) is 13.2 Å². The molecule has 0 aromatic rings. The molecule has 0 aliphatic carbocycles. The standard InChI is InChI=1S/C37H64O4/c1-3-5-7-9-11-13-15-17-18-19-20-21-22-24-26-28-30-32-37(39)41-36(34-38)35-40-33-31-29-27-25-23-16-14-12-10-8-6-4-2/h5,7,11,13,17-18,20-21,24,26,36,38H,3-4,6,8-10,12,14-16,19,22-23,25,27-35H2,1-2H3/b7-5-,13-11-,18-17-,21-20-,26-24-. The minimum absolute atomic E-state index is 0.195. The van der Waals surface area contributed by atoms with Crippen molar-refractivity contribution in [1.29, 1.82) is 0 Å². The van der Waals surface area contributed by atoms with Gasteiger partial charge in [-0.15, -0.1) is 0 Å². The third-order valence-electron chi connectivity index (χ3n) is 6.86. The maximum absolute atomic E-state index is 12.1. The fourth-order valence-corrected chi connectivity index (χ4v) is 4.36. The topological polar surface area (TPSA) is 55.8 Å². The van der Waals surface area contributed by atoms with Crippen molar-refractivity contribution in [3.05, 3.63) is 60.8 Å². The smallest absolute Gasteiger partial charge is 0.306 e. The van der Waals surface area contributed by atoms with Crippen LogP contribution >= 0.6 is 0 Å². The molecule has 0 aliphatic rings. The van der Waals surface area contributed by atoms with Crippen LogP contribution in [-0.4, -0.2) is 37.0 Å². The number of rotatable bonds is 30. The summed E-state index contributed by atoms with van der Waals surface area (Å²) >= 11 is 0. The molecule has 4 nitrogen and oxygen atoms in total. The molecule has 1 unspecified atom stereocenters. The molecule has 1 N–H and O–H groups in total. The van der Waals surface area contributed by atoms with Crippen molar-refractivity contribution in [3.63, 3.8) is 0 Å². The molecule has 41 heavy (non-hydrogen) atoms. The first-order valence-electron chi connectivity index (χ1n) is 16.9. The summed E-state index contributed by atoms with van der Waals surface area (Å²) in [6.45, 7) is 5.16. The number of ether oxygens (including phenoxy) is 2. The maximum atomic E-state index is 12.1. The molecule has 4 heteroatoms. The van der Waals surface area contributed by atoms with E-state index in [1.165, 1.54) is 70.6 Å². The zero-order valence-electron chi connectivity index (χ0n) is 26.8. The summed E-state index contributed by atoms with van der Waals surface area (Å²) in [4.78, 5) is 12.1. The van der Waals surface area contributed by atoms with E-state index in [-0.39, 0.29) is 19.2 Å². The Balaban J connectivity index is 3.60. The summed E-state index contributed by atoms with van der Waals surface area (Å²) in [5.41, 5.74) is 0. The number of unbranched alkanes of at least 4 members (excludes halogenated alkanes) is 12. The van der Waals surface area contributed by atoms with Crippen molar-refractivity contribution in [1.82, 2.24) is 0 Å². The van der Waals surface area contributed by atoms with Gasteiger partial charge in [0.15, 0.2) is 0 Å². The Labute approximate surface area is 254 Å². The van der Waals surface area contributed by atoms with Gasteiger partial charge in [-0.25, -0.2) is 0 Å². The summed E-state index contributed by atoms with van der Waals surface area (Å²) in [5.74, 6) is -0.259. The fourth-order valence-electron chi connectivity index (χ4n) is 4.36. The second kappa shape index (κ2) is 34.3. The third kappa shape index (κ3) is 32.5. The van der Waals surface area contributed by atoms with Crippen molar-refractivity contribution in [2.24, 2.45) is 0 Å². The van der Waals surface area contributed by atoms with Gasteiger partial charge in [0.25, 0.3) is 0 Å². The molecule has 0 spiro atoms. The van der Waals surface area contributed by atoms with Crippen LogP contribution in [0.3, 0.4) is 0 Å². The normalized spacial score (nSPS) is 13.1. The molecule has 0 bridgehead atoms. The van der Waals surface area contributed by atoms with E-state index >= 15 is 0 Å². The number of aliphatic hydroxyl groups is 1. The molecule has 236 valence electrons. The molecule has 0 aromatic carbocycles. The summed E-state index contributed by atoms with van der Waals surface area (Å²) in [6.07, 6.45) is 44.0. The van der Waals surface area contributed by atoms with Crippen molar-refractivity contribution in [2.45, 2.75) is 148 Å². The fraction of sp³-hybridized carbons (Fsp3) is 0.703. The highest BCUT2D eigenvalue weighted by Crippen LogP contribution is 2.12. The molecular weight excluding hydrogens is 508 g/mol. The van der Waals surface area contributed by atoms with Gasteiger partial charge >= 0.3 is 5.97 Å². The van der Waals surface area contributed by atoms with Crippen LogP contribution in [0.25, 0.3) is 0 Å². The predicted molar refractivity (Wildman–Crippen MR) is 177 cm³/mol. The van der Waals surface area contributed by atoms with E-state index in [9.17, 15) is 9.90 Å². The van der Waals surface area contributed by atoms with Gasteiger partial charge in [0.1, 0.15) is 6.10 Å². The largest absolute Gasteiger partial charge is 0.457 e. The molecular formula is C37H64O4. The first-order valence-corrected chi connectivity index (χ1v) is 16.9. The number of carbonyl (C=O) groups is 1. The van der Waals surface area contributed by atoms with E-state index in [1.807, 2.05) is 0 Å². The first-order chi connectivity index (χ1) is 20.2. The summed E-state index contributed by atoms with van der Waals surface area (Å²) in [5, 5.41) is 9.51. The number of hydrogen-bond acceptors (Lipinski definition) is 4. The van der Waals surface area contributed by atoms with Gasteiger partial charge in [0.2, 0.25) is 0 Å². The van der Waals surface area contributed by atoms with Gasteiger partial charge in [0, 0.05) is 13.0 Å². The average Bonchev–Trinajstić information content (AvgIpc) is 2.98. The van der Waals surface area contributed by atoms with Crippen molar-refractivity contribution >= 4 is 5.97 Å². The van der Waals surface area contributed by atoms with Crippen LogP contribution in [0.2, 0.25) is 0 Å². The van der Waals surface area contributed by atoms with Crippen LogP contribution in [0.4, 0.5) is 0 Å². The van der Waals surface area contributed by atoms with Crippen LogP contribution in [0, 0.1) is 0 Å². The maximum Gasteiger partial charge on any atom is 0.306 e. The predicted octanol–water partition coefficient (Wildman–Crippen LogP) is 10.5. The van der Waals surface area contributed by atoms with E-state index in [0.29, 0.717) is 13.0 Å². The molecule has 0 rings (SSSR count). The Kier molecular flexibility index (Phi) is 32.7. The van der Waals surface area contributed by atoms with E-state index in [0.717, 1.165) is 51.4 Å². The van der Waals surface area contributed by atoms with Gasteiger partial charge in [-0.3, -0.25) is 4.79 Å². The quantitative estimate of drug-likeness (QED) is 0.0528. The average molecular weight is 573 g/mol. The summed E-state index contributed by atoms with van der Waals surface area (Å²) in [7, 11) is 0. The van der Waals surface area contributed by atoms with Gasteiger partial charge < -0.3 is 14.6 Å². The SMILES string of the molecule is CC/C=C\C/C=C\C/C=C\C/C=C\C/C=C\CCCC(=O)OC(CO)COCCCCCCCCCCCCCC. The van der Waals surface area contributed by atoms with E-state index in [2.05, 4.69) is 74.6 Å². The van der Waals surface area contributed by atoms with E-state index in [4.69, 9.17) is 9.47 Å².